The number of fused-ring (bicyclic) bond motifs is 1. The molecule has 148 valence electrons. The Kier molecular flexibility index (Phi) is 5.10. The smallest absolute Gasteiger partial charge is 0.246 e. The van der Waals surface area contributed by atoms with Gasteiger partial charge in [-0.2, -0.15) is 0 Å². The van der Waals surface area contributed by atoms with Crippen LogP contribution in [0.5, 0.6) is 5.75 Å². The second-order valence-electron chi connectivity index (χ2n) is 7.76. The number of carbonyl (C=O) groups excluding carboxylic acids is 1. The Morgan fingerprint density at radius 2 is 2.07 bits per heavy atom. The molecule has 0 aromatic carbocycles. The largest absolute Gasteiger partial charge is 0.492 e. The number of aromatic nitrogens is 3. The second kappa shape index (κ2) is 7.54. The van der Waals surface area contributed by atoms with Crippen molar-refractivity contribution in [3.8, 4) is 5.75 Å². The molecule has 0 radical (unpaired) electrons. The van der Waals surface area contributed by atoms with E-state index in [4.69, 9.17) is 21.3 Å². The fraction of sp³-hybridized carbons (Fsp3) is 0.500. The zero-order chi connectivity index (χ0) is 19.8. The van der Waals surface area contributed by atoms with E-state index in [9.17, 15) is 4.79 Å². The molecule has 1 atom stereocenters. The number of aryl methyl sites for hydroxylation is 1. The van der Waals surface area contributed by atoms with Crippen LogP contribution in [0, 0.1) is 18.8 Å². The minimum absolute atomic E-state index is 0.0220. The van der Waals surface area contributed by atoms with Crippen molar-refractivity contribution < 1.29 is 9.53 Å². The highest BCUT2D eigenvalue weighted by Crippen LogP contribution is 2.37. The number of carbonyl (C=O) groups is 1. The molecule has 1 amide bonds. The zero-order valence-corrected chi connectivity index (χ0v) is 17.0. The van der Waals surface area contributed by atoms with Gasteiger partial charge >= 0.3 is 0 Å². The molecule has 1 aliphatic heterocycles. The normalized spacial score (nSPS) is 23.6. The number of ether oxygens (including phenoxy) is 1. The first kappa shape index (κ1) is 18.9. The summed E-state index contributed by atoms with van der Waals surface area (Å²) in [5, 5.41) is 3.51. The van der Waals surface area contributed by atoms with Crippen LogP contribution >= 0.6 is 11.6 Å². The molecule has 2 aromatic heterocycles. The predicted molar refractivity (Wildman–Crippen MR) is 108 cm³/mol. The third-order valence-corrected chi connectivity index (χ3v) is 5.84. The SMILES string of the molecule is Cc1nc(CC2CC(COc3cncc(Cl)c3)C2)nc2c1NC(=O)[C@H](C)N2C. The lowest BCUT2D eigenvalue weighted by atomic mass is 9.73. The Morgan fingerprint density at radius 1 is 1.29 bits per heavy atom. The molecule has 1 N–H and O–H groups in total. The number of anilines is 2. The first-order valence-corrected chi connectivity index (χ1v) is 9.93. The molecule has 0 bridgehead atoms. The van der Waals surface area contributed by atoms with Gasteiger partial charge in [-0.15, -0.1) is 0 Å². The van der Waals surface area contributed by atoms with Crippen molar-refractivity contribution in [2.45, 2.75) is 39.2 Å². The summed E-state index contributed by atoms with van der Waals surface area (Å²) in [5.41, 5.74) is 1.55. The summed E-state index contributed by atoms with van der Waals surface area (Å²) >= 11 is 5.93. The molecule has 1 saturated carbocycles. The Bertz CT molecular complexity index is 900. The highest BCUT2D eigenvalue weighted by molar-refractivity contribution is 6.30. The minimum atomic E-state index is -0.235. The molecule has 8 heteroatoms. The molecule has 4 rings (SSSR count). The topological polar surface area (TPSA) is 80.2 Å². The van der Waals surface area contributed by atoms with Crippen molar-refractivity contribution in [2.75, 3.05) is 23.9 Å². The molecule has 1 fully saturated rings. The van der Waals surface area contributed by atoms with Crippen molar-refractivity contribution >= 4 is 29.0 Å². The summed E-state index contributed by atoms with van der Waals surface area (Å²) in [6.45, 7) is 4.47. The van der Waals surface area contributed by atoms with Crippen LogP contribution in [0.25, 0.3) is 0 Å². The molecular weight excluding hydrogens is 378 g/mol. The molecule has 2 aliphatic rings. The van der Waals surface area contributed by atoms with Gasteiger partial charge in [0, 0.05) is 25.7 Å². The summed E-state index contributed by atoms with van der Waals surface area (Å²) < 4.78 is 5.79. The van der Waals surface area contributed by atoms with Gasteiger partial charge in [-0.25, -0.2) is 9.97 Å². The number of likely N-dealkylation sites (N-methyl/N-ethyl adjacent to an activating group) is 1. The molecule has 1 aliphatic carbocycles. The van der Waals surface area contributed by atoms with Crippen molar-refractivity contribution in [3.63, 3.8) is 0 Å². The number of amides is 1. The maximum Gasteiger partial charge on any atom is 0.246 e. The van der Waals surface area contributed by atoms with E-state index >= 15 is 0 Å². The Labute approximate surface area is 169 Å². The average Bonchev–Trinajstić information content (AvgIpc) is 2.63. The van der Waals surface area contributed by atoms with Gasteiger partial charge < -0.3 is 15.0 Å². The molecule has 3 heterocycles. The summed E-state index contributed by atoms with van der Waals surface area (Å²) in [7, 11) is 1.90. The van der Waals surface area contributed by atoms with Crippen molar-refractivity contribution in [2.24, 2.45) is 11.8 Å². The van der Waals surface area contributed by atoms with Crippen molar-refractivity contribution in [1.82, 2.24) is 15.0 Å². The first-order valence-electron chi connectivity index (χ1n) is 9.55. The third-order valence-electron chi connectivity index (χ3n) is 5.63. The number of hydrogen-bond donors (Lipinski definition) is 1. The van der Waals surface area contributed by atoms with Gasteiger partial charge in [-0.1, -0.05) is 11.6 Å². The Balaban J connectivity index is 1.34. The van der Waals surface area contributed by atoms with E-state index in [-0.39, 0.29) is 11.9 Å². The van der Waals surface area contributed by atoms with E-state index in [1.807, 2.05) is 25.8 Å². The first-order chi connectivity index (χ1) is 13.4. The van der Waals surface area contributed by atoms with Crippen LogP contribution in [0.4, 0.5) is 11.5 Å². The Hall–Kier alpha value is -2.41. The van der Waals surface area contributed by atoms with Crippen LogP contribution in [0.3, 0.4) is 0 Å². The minimum Gasteiger partial charge on any atom is -0.492 e. The molecule has 0 unspecified atom stereocenters. The number of nitrogens with one attached hydrogen (secondary N) is 1. The van der Waals surface area contributed by atoms with Crippen LogP contribution in [0.15, 0.2) is 18.5 Å². The number of pyridine rings is 1. The summed E-state index contributed by atoms with van der Waals surface area (Å²) in [6, 6.07) is 1.55. The van der Waals surface area contributed by atoms with Crippen LogP contribution in [-0.4, -0.2) is 40.6 Å². The number of nitrogens with zero attached hydrogens (tertiary/aromatic N) is 4. The summed E-state index contributed by atoms with van der Waals surface area (Å²) in [4.78, 5) is 27.3. The number of rotatable bonds is 5. The van der Waals surface area contributed by atoms with Crippen LogP contribution in [-0.2, 0) is 11.2 Å². The molecule has 0 spiro atoms. The van der Waals surface area contributed by atoms with Crippen LogP contribution in [0.2, 0.25) is 5.02 Å². The van der Waals surface area contributed by atoms with Gasteiger partial charge in [0.05, 0.1) is 23.5 Å². The summed E-state index contributed by atoms with van der Waals surface area (Å²) in [5.74, 6) is 3.43. The van der Waals surface area contributed by atoms with E-state index in [1.54, 1.807) is 18.5 Å². The van der Waals surface area contributed by atoms with E-state index in [2.05, 4.69) is 15.3 Å². The van der Waals surface area contributed by atoms with Gasteiger partial charge in [0.25, 0.3) is 0 Å². The predicted octanol–water partition coefficient (Wildman–Crippen LogP) is 3.26. The maximum absolute atomic E-state index is 12.0. The highest BCUT2D eigenvalue weighted by Gasteiger charge is 2.33. The zero-order valence-electron chi connectivity index (χ0n) is 16.3. The van der Waals surface area contributed by atoms with Gasteiger partial charge in [0.1, 0.15) is 23.3 Å². The molecule has 2 aromatic rings. The van der Waals surface area contributed by atoms with Gasteiger partial charge in [-0.3, -0.25) is 9.78 Å². The maximum atomic E-state index is 12.0. The monoisotopic (exact) mass is 401 g/mol. The molecule has 7 nitrogen and oxygen atoms in total. The van der Waals surface area contributed by atoms with E-state index in [0.29, 0.717) is 29.2 Å². The van der Waals surface area contributed by atoms with Gasteiger partial charge in [-0.05, 0) is 38.5 Å². The standard InChI is InChI=1S/C20H24ClN5O2/c1-11-18-19(26(3)12(2)20(27)25-18)24-17(23-11)6-13-4-14(5-13)10-28-16-7-15(21)8-22-9-16/h7-9,12-14H,4-6,10H2,1-3H3,(H,25,27)/t12-,13?,14?/m0/s1. The third kappa shape index (κ3) is 3.76. The van der Waals surface area contributed by atoms with E-state index < -0.39 is 0 Å². The summed E-state index contributed by atoms with van der Waals surface area (Å²) in [6.07, 6.45) is 6.31. The Morgan fingerprint density at radius 3 is 2.82 bits per heavy atom. The number of halogens is 1. The lowest BCUT2D eigenvalue weighted by Gasteiger charge is -2.36. The van der Waals surface area contributed by atoms with Crippen molar-refractivity contribution in [3.05, 3.63) is 35.0 Å². The fourth-order valence-corrected chi connectivity index (χ4v) is 3.98. The lowest BCUT2D eigenvalue weighted by molar-refractivity contribution is -0.117. The average molecular weight is 402 g/mol. The van der Waals surface area contributed by atoms with Crippen LogP contribution in [0.1, 0.15) is 31.3 Å². The second-order valence-corrected chi connectivity index (χ2v) is 8.19. The van der Waals surface area contributed by atoms with Gasteiger partial charge in [0.2, 0.25) is 5.91 Å². The fourth-order valence-electron chi connectivity index (χ4n) is 3.81. The van der Waals surface area contributed by atoms with E-state index in [1.165, 1.54) is 0 Å². The number of hydrogen-bond acceptors (Lipinski definition) is 6. The van der Waals surface area contributed by atoms with Crippen molar-refractivity contribution in [1.29, 1.82) is 0 Å². The van der Waals surface area contributed by atoms with Gasteiger partial charge in [0.15, 0.2) is 5.82 Å². The van der Waals surface area contributed by atoms with Crippen LogP contribution < -0.4 is 15.0 Å². The quantitative estimate of drug-likeness (QED) is 0.828. The lowest BCUT2D eigenvalue weighted by Crippen LogP contribution is -2.45. The molecule has 0 saturated heterocycles. The molecule has 28 heavy (non-hydrogen) atoms. The van der Waals surface area contributed by atoms with E-state index in [0.717, 1.165) is 42.3 Å². The molecular formula is C20H24ClN5O2. The highest BCUT2D eigenvalue weighted by atomic mass is 35.5.